The lowest BCUT2D eigenvalue weighted by atomic mass is 10.1. The maximum absolute atomic E-state index is 12.8. The lowest BCUT2D eigenvalue weighted by molar-refractivity contribution is 0.102. The number of fused-ring (bicyclic) bond motifs is 1. The number of nitrogens with one attached hydrogen (secondary N) is 1. The molecule has 3 aromatic carbocycles. The second-order valence-electron chi connectivity index (χ2n) is 6.86. The predicted octanol–water partition coefficient (Wildman–Crippen LogP) is 5.79. The molecular weight excluding hydrogens is 394 g/mol. The van der Waals surface area contributed by atoms with Gasteiger partial charge in [0.15, 0.2) is 10.9 Å². The van der Waals surface area contributed by atoms with Crippen molar-refractivity contribution in [1.29, 1.82) is 0 Å². The van der Waals surface area contributed by atoms with Crippen molar-refractivity contribution < 1.29 is 9.32 Å². The van der Waals surface area contributed by atoms with Gasteiger partial charge in [-0.05, 0) is 23.8 Å². The topological polar surface area (TPSA) is 68.0 Å². The molecule has 0 radical (unpaired) electrons. The van der Waals surface area contributed by atoms with Gasteiger partial charge in [-0.1, -0.05) is 65.8 Å². The SMILES string of the molecule is O=C(Nc1ncc(Cc2ccccc2)s1)c1ccc2noc(-c3ccccc3)c2c1. The van der Waals surface area contributed by atoms with Gasteiger partial charge in [0, 0.05) is 28.6 Å². The van der Waals surface area contributed by atoms with Crippen molar-refractivity contribution >= 4 is 33.3 Å². The Bertz CT molecular complexity index is 1310. The molecular formula is C24H17N3O2S. The number of hydrogen-bond donors (Lipinski definition) is 1. The molecule has 2 heterocycles. The van der Waals surface area contributed by atoms with E-state index in [1.165, 1.54) is 16.9 Å². The maximum atomic E-state index is 12.8. The van der Waals surface area contributed by atoms with E-state index in [0.29, 0.717) is 22.0 Å². The fourth-order valence-corrected chi connectivity index (χ4v) is 4.14. The molecule has 146 valence electrons. The second-order valence-corrected chi connectivity index (χ2v) is 7.97. The van der Waals surface area contributed by atoms with Gasteiger partial charge >= 0.3 is 0 Å². The molecule has 2 aromatic heterocycles. The molecule has 0 spiro atoms. The molecule has 0 atom stereocenters. The summed E-state index contributed by atoms with van der Waals surface area (Å²) < 4.78 is 5.52. The van der Waals surface area contributed by atoms with Crippen LogP contribution in [0.25, 0.3) is 22.2 Å². The summed E-state index contributed by atoms with van der Waals surface area (Å²) >= 11 is 1.48. The fourth-order valence-electron chi connectivity index (χ4n) is 3.29. The number of carbonyl (C=O) groups excluding carboxylic acids is 1. The van der Waals surface area contributed by atoms with E-state index in [9.17, 15) is 4.79 Å². The molecule has 0 saturated heterocycles. The molecule has 0 aliphatic carbocycles. The van der Waals surface area contributed by atoms with Crippen LogP contribution in [-0.4, -0.2) is 16.0 Å². The predicted molar refractivity (Wildman–Crippen MR) is 119 cm³/mol. The molecule has 5 nitrogen and oxygen atoms in total. The average molecular weight is 411 g/mol. The van der Waals surface area contributed by atoms with Crippen LogP contribution in [0.2, 0.25) is 0 Å². The van der Waals surface area contributed by atoms with E-state index in [1.807, 2.05) is 60.8 Å². The van der Waals surface area contributed by atoms with Crippen molar-refractivity contribution in [2.45, 2.75) is 6.42 Å². The minimum Gasteiger partial charge on any atom is -0.355 e. The van der Waals surface area contributed by atoms with Gasteiger partial charge in [-0.2, -0.15) is 0 Å². The Morgan fingerprint density at radius 2 is 1.73 bits per heavy atom. The van der Waals surface area contributed by atoms with E-state index in [0.717, 1.165) is 22.2 Å². The van der Waals surface area contributed by atoms with Crippen molar-refractivity contribution in [3.8, 4) is 11.3 Å². The first-order valence-electron chi connectivity index (χ1n) is 9.51. The fraction of sp³-hybridized carbons (Fsp3) is 0.0417. The average Bonchev–Trinajstić information content (AvgIpc) is 3.41. The standard InChI is InChI=1S/C24H17N3O2S/c28-23(26-24-25-15-19(30-24)13-16-7-3-1-4-8-16)18-11-12-21-20(14-18)22(29-27-21)17-9-5-2-6-10-17/h1-12,14-15H,13H2,(H,25,26,28). The van der Waals surface area contributed by atoms with E-state index in [-0.39, 0.29) is 5.91 Å². The number of aromatic nitrogens is 2. The molecule has 0 unspecified atom stereocenters. The summed E-state index contributed by atoms with van der Waals surface area (Å²) in [6, 6.07) is 25.3. The number of hydrogen-bond acceptors (Lipinski definition) is 5. The van der Waals surface area contributed by atoms with Gasteiger partial charge in [-0.3, -0.25) is 10.1 Å². The van der Waals surface area contributed by atoms with Gasteiger partial charge in [0.25, 0.3) is 5.91 Å². The summed E-state index contributed by atoms with van der Waals surface area (Å²) in [4.78, 5) is 18.2. The van der Waals surface area contributed by atoms with Gasteiger partial charge < -0.3 is 4.52 Å². The van der Waals surface area contributed by atoms with Gasteiger partial charge in [0.05, 0.1) is 5.39 Å². The third kappa shape index (κ3) is 3.73. The monoisotopic (exact) mass is 411 g/mol. The zero-order valence-electron chi connectivity index (χ0n) is 15.9. The number of amides is 1. The van der Waals surface area contributed by atoms with Crippen LogP contribution in [0.4, 0.5) is 5.13 Å². The summed E-state index contributed by atoms with van der Waals surface area (Å²) in [6.07, 6.45) is 2.60. The molecule has 0 bridgehead atoms. The largest absolute Gasteiger partial charge is 0.355 e. The molecule has 0 aliphatic rings. The Labute approximate surface area is 177 Å². The van der Waals surface area contributed by atoms with Crippen LogP contribution >= 0.6 is 11.3 Å². The minimum absolute atomic E-state index is 0.210. The molecule has 1 amide bonds. The summed E-state index contributed by atoms with van der Waals surface area (Å²) in [5, 5.41) is 8.39. The quantitative estimate of drug-likeness (QED) is 0.397. The highest BCUT2D eigenvalue weighted by molar-refractivity contribution is 7.15. The van der Waals surface area contributed by atoms with Crippen molar-refractivity contribution in [3.63, 3.8) is 0 Å². The minimum atomic E-state index is -0.210. The van der Waals surface area contributed by atoms with E-state index in [2.05, 4.69) is 27.6 Å². The number of nitrogens with zero attached hydrogens (tertiary/aromatic N) is 2. The zero-order chi connectivity index (χ0) is 20.3. The van der Waals surface area contributed by atoms with E-state index in [4.69, 9.17) is 4.52 Å². The Morgan fingerprint density at radius 3 is 2.53 bits per heavy atom. The molecule has 6 heteroatoms. The first kappa shape index (κ1) is 18.3. The first-order valence-corrected chi connectivity index (χ1v) is 10.3. The van der Waals surface area contributed by atoms with E-state index >= 15 is 0 Å². The molecule has 1 N–H and O–H groups in total. The second kappa shape index (κ2) is 7.93. The van der Waals surface area contributed by atoms with Crippen LogP contribution < -0.4 is 5.32 Å². The number of benzene rings is 3. The molecule has 30 heavy (non-hydrogen) atoms. The molecule has 5 aromatic rings. The Kier molecular flexibility index (Phi) is 4.83. The van der Waals surface area contributed by atoms with Crippen molar-refractivity contribution in [1.82, 2.24) is 10.1 Å². The number of thiazole rings is 1. The maximum Gasteiger partial charge on any atom is 0.257 e. The summed E-state index contributed by atoms with van der Waals surface area (Å²) in [5.41, 5.74) is 3.38. The van der Waals surface area contributed by atoms with Gasteiger partial charge in [-0.15, -0.1) is 11.3 Å². The van der Waals surface area contributed by atoms with Crippen molar-refractivity contribution in [2.24, 2.45) is 0 Å². The summed E-state index contributed by atoms with van der Waals surface area (Å²) in [5.74, 6) is 0.442. The van der Waals surface area contributed by atoms with Gasteiger partial charge in [0.2, 0.25) is 0 Å². The third-order valence-electron chi connectivity index (χ3n) is 4.77. The molecule has 0 aliphatic heterocycles. The highest BCUT2D eigenvalue weighted by Gasteiger charge is 2.15. The highest BCUT2D eigenvalue weighted by atomic mass is 32.1. The van der Waals surface area contributed by atoms with Crippen LogP contribution in [0.1, 0.15) is 20.8 Å². The molecule has 0 fully saturated rings. The molecule has 0 saturated carbocycles. The van der Waals surface area contributed by atoms with Crippen LogP contribution in [0.5, 0.6) is 0 Å². The van der Waals surface area contributed by atoms with Crippen molar-refractivity contribution in [3.05, 3.63) is 101 Å². The summed E-state index contributed by atoms with van der Waals surface area (Å²) in [6.45, 7) is 0. The third-order valence-corrected chi connectivity index (χ3v) is 5.68. The Balaban J connectivity index is 1.36. The lowest BCUT2D eigenvalue weighted by Crippen LogP contribution is -2.11. The van der Waals surface area contributed by atoms with Crippen LogP contribution in [0, 0.1) is 0 Å². The van der Waals surface area contributed by atoms with Crippen LogP contribution in [0.3, 0.4) is 0 Å². The first-order chi connectivity index (χ1) is 14.8. The zero-order valence-corrected chi connectivity index (χ0v) is 16.7. The number of anilines is 1. The lowest BCUT2D eigenvalue weighted by Gasteiger charge is -2.02. The Morgan fingerprint density at radius 1 is 0.967 bits per heavy atom. The van der Waals surface area contributed by atoms with E-state index < -0.39 is 0 Å². The van der Waals surface area contributed by atoms with Crippen LogP contribution in [-0.2, 0) is 6.42 Å². The Hall–Kier alpha value is -3.77. The van der Waals surface area contributed by atoms with E-state index in [1.54, 1.807) is 12.1 Å². The van der Waals surface area contributed by atoms with Gasteiger partial charge in [0.1, 0.15) is 5.52 Å². The number of rotatable bonds is 5. The van der Waals surface area contributed by atoms with Gasteiger partial charge in [-0.25, -0.2) is 4.98 Å². The van der Waals surface area contributed by atoms with Crippen molar-refractivity contribution in [2.75, 3.05) is 5.32 Å². The summed E-state index contributed by atoms with van der Waals surface area (Å²) in [7, 11) is 0. The van der Waals surface area contributed by atoms with Crippen LogP contribution in [0.15, 0.2) is 89.6 Å². The normalized spacial score (nSPS) is 10.9. The number of carbonyl (C=O) groups is 1. The smallest absolute Gasteiger partial charge is 0.257 e. The highest BCUT2D eigenvalue weighted by Crippen LogP contribution is 2.29. The molecule has 5 rings (SSSR count).